The average Bonchev–Trinajstić information content (AvgIpc) is 2.77. The Morgan fingerprint density at radius 2 is 1.73 bits per heavy atom. The summed E-state index contributed by atoms with van der Waals surface area (Å²) in [6, 6.07) is 0. The Labute approximate surface area is 163 Å². The monoisotopic (exact) mass is 494 g/mol. The summed E-state index contributed by atoms with van der Waals surface area (Å²) in [5, 5.41) is 0. The van der Waals surface area contributed by atoms with E-state index in [9.17, 15) is 14.4 Å². The number of carbonyl (C=O) groups is 3. The van der Waals surface area contributed by atoms with Gasteiger partial charge in [0, 0.05) is 0 Å². The van der Waals surface area contributed by atoms with Crippen molar-refractivity contribution in [3.8, 4) is 0 Å². The van der Waals surface area contributed by atoms with Crippen LogP contribution in [0.1, 0.15) is 59.3 Å². The first-order chi connectivity index (χ1) is 12.4. The molecule has 0 aliphatic carbocycles. The van der Waals surface area contributed by atoms with Gasteiger partial charge in [-0.15, -0.1) is 0 Å². The number of hydrogen-bond acceptors (Lipinski definition) is 7. The van der Waals surface area contributed by atoms with Gasteiger partial charge in [0.25, 0.3) is 0 Å². The van der Waals surface area contributed by atoms with Gasteiger partial charge in [-0.2, -0.15) is 0 Å². The number of ether oxygens (including phenoxy) is 1. The molecule has 0 amide bonds. The Bertz CT molecular complexity index is 488. The quantitative estimate of drug-likeness (QED) is 0.302. The first-order valence-corrected chi connectivity index (χ1v) is 18.2. The van der Waals surface area contributed by atoms with E-state index in [4.69, 9.17) is 10.9 Å². The molecule has 0 saturated carbocycles. The van der Waals surface area contributed by atoms with Gasteiger partial charge >= 0.3 is 164 Å². The van der Waals surface area contributed by atoms with Crippen molar-refractivity contribution >= 4 is 44.7 Å². The van der Waals surface area contributed by atoms with Crippen molar-refractivity contribution in [2.45, 2.75) is 63.7 Å². The van der Waals surface area contributed by atoms with E-state index in [1.807, 2.05) is 6.92 Å². The van der Waals surface area contributed by atoms with E-state index in [1.165, 1.54) is 8.95 Å². The summed E-state index contributed by atoms with van der Waals surface area (Å²) in [6.45, 7) is 6.66. The summed E-state index contributed by atoms with van der Waals surface area (Å²) < 4.78 is 17.0. The molecular weight excluding hydrogens is 463 g/mol. The Morgan fingerprint density at radius 3 is 2.27 bits per heavy atom. The maximum absolute atomic E-state index is 12.1. The van der Waals surface area contributed by atoms with Gasteiger partial charge in [-0.25, -0.2) is 0 Å². The molecule has 0 N–H and O–H groups in total. The molecule has 0 saturated heterocycles. The molecule has 1 unspecified atom stereocenters. The molecule has 0 aromatic rings. The van der Waals surface area contributed by atoms with E-state index < -0.39 is 29.8 Å². The molecule has 148 valence electrons. The summed E-state index contributed by atoms with van der Waals surface area (Å²) in [7, 11) is 1.20. The van der Waals surface area contributed by atoms with Crippen LogP contribution in [0.25, 0.3) is 0 Å². The second kappa shape index (κ2) is 12.6. The summed E-state index contributed by atoms with van der Waals surface area (Å²) in [6.07, 6.45) is 8.13. The fraction of sp³-hybridized carbons (Fsp3) is 0.722. The Kier molecular flexibility index (Phi) is 11.3. The van der Waals surface area contributed by atoms with Crippen molar-refractivity contribution in [3.05, 3.63) is 12.2 Å². The van der Waals surface area contributed by atoms with Crippen LogP contribution in [0.5, 0.6) is 0 Å². The number of carbonyl (C=O) groups excluding carboxylic acids is 3. The van der Waals surface area contributed by atoms with Crippen molar-refractivity contribution < 1.29 is 25.3 Å². The van der Waals surface area contributed by atoms with Crippen LogP contribution in [0.15, 0.2) is 12.2 Å². The molecule has 26 heavy (non-hydrogen) atoms. The standard InChI is InChI=1S/C10H20O2S.C4H4O4.C4H9.Sn/c1-3-5-6-9(4-2)7-12-10(11)8-13;5-3(6)1-2-4(7)8;1-3-4-2;/h9,13H,3-8H2,1-2H3;1-2H,(H,5,6)(H,7,8);1,3-4H2,2H3;/q;;;+3/p-3. The summed E-state index contributed by atoms with van der Waals surface area (Å²) in [5.41, 5.74) is 0. The third kappa shape index (κ3) is 8.79. The first-order valence-electron chi connectivity index (χ1n) is 9.38. The third-order valence-electron chi connectivity index (χ3n) is 4.14. The predicted octanol–water partition coefficient (Wildman–Crippen LogP) is 3.87. The molecule has 6 nitrogen and oxygen atoms in total. The minimum absolute atomic E-state index is 0.0462. The van der Waals surface area contributed by atoms with Gasteiger partial charge in [0.15, 0.2) is 0 Å². The number of rotatable bonds is 12. The van der Waals surface area contributed by atoms with Crippen molar-refractivity contribution in [2.75, 3.05) is 12.4 Å². The van der Waals surface area contributed by atoms with Crippen LogP contribution in [0, 0.1) is 5.92 Å². The second-order valence-electron chi connectivity index (χ2n) is 6.35. The van der Waals surface area contributed by atoms with Crippen molar-refractivity contribution in [3.63, 3.8) is 0 Å². The van der Waals surface area contributed by atoms with Gasteiger partial charge < -0.3 is 0 Å². The maximum atomic E-state index is 12.1. The predicted molar refractivity (Wildman–Crippen MR) is 104 cm³/mol. The van der Waals surface area contributed by atoms with Gasteiger partial charge in [0.2, 0.25) is 0 Å². The van der Waals surface area contributed by atoms with Gasteiger partial charge in [-0.05, 0) is 0 Å². The van der Waals surface area contributed by atoms with Crippen molar-refractivity contribution in [2.24, 2.45) is 5.92 Å². The van der Waals surface area contributed by atoms with Gasteiger partial charge in [-0.1, -0.05) is 0 Å². The topological polar surface area (TPSA) is 78.9 Å². The zero-order valence-corrected chi connectivity index (χ0v) is 19.6. The third-order valence-corrected chi connectivity index (χ3v) is 18.1. The Morgan fingerprint density at radius 1 is 1.12 bits per heavy atom. The Hall–Kier alpha value is -0.701. The molecule has 1 atom stereocenters. The average molecular weight is 493 g/mol. The normalized spacial score (nSPS) is 17.2. The van der Waals surface area contributed by atoms with Crippen LogP contribution < -0.4 is 0 Å². The van der Waals surface area contributed by atoms with Crippen LogP contribution in [-0.2, 0) is 25.3 Å². The molecule has 8 heteroatoms. The van der Waals surface area contributed by atoms with E-state index in [-0.39, 0.29) is 11.7 Å². The SMILES string of the molecule is CCCCC(CC)COC(=O)C[S][Sn]1([CH2]CCC)[O]C(=O)C=CC(=O)[O]1. The van der Waals surface area contributed by atoms with Crippen LogP contribution in [0.4, 0.5) is 0 Å². The second-order valence-corrected chi connectivity index (χ2v) is 20.1. The molecule has 0 aromatic carbocycles. The zero-order chi connectivity index (χ0) is 19.4. The molecule has 1 heterocycles. The fourth-order valence-electron chi connectivity index (χ4n) is 2.48. The molecular formula is C18H30O6SSn. The van der Waals surface area contributed by atoms with Crippen LogP contribution in [0.3, 0.4) is 0 Å². The first kappa shape index (κ1) is 23.3. The fourth-order valence-corrected chi connectivity index (χ4v) is 15.5. The van der Waals surface area contributed by atoms with Gasteiger partial charge in [0.05, 0.1) is 0 Å². The van der Waals surface area contributed by atoms with Gasteiger partial charge in [-0.3, -0.25) is 0 Å². The van der Waals surface area contributed by atoms with Crippen molar-refractivity contribution in [1.82, 2.24) is 0 Å². The van der Waals surface area contributed by atoms with E-state index in [1.54, 1.807) is 0 Å². The number of esters is 1. The van der Waals surface area contributed by atoms with E-state index >= 15 is 0 Å². The molecule has 0 spiro atoms. The summed E-state index contributed by atoms with van der Waals surface area (Å²) in [4.78, 5) is 35.7. The molecule has 1 rings (SSSR count). The van der Waals surface area contributed by atoms with Gasteiger partial charge in [0.1, 0.15) is 0 Å². The molecule has 0 fully saturated rings. The number of hydrogen-bond donors (Lipinski definition) is 0. The molecule has 0 bridgehead atoms. The van der Waals surface area contributed by atoms with E-state index in [2.05, 4.69) is 13.8 Å². The number of unbranched alkanes of at least 4 members (excludes halogenated alkanes) is 2. The van der Waals surface area contributed by atoms with E-state index in [0.717, 1.165) is 50.7 Å². The Balaban J connectivity index is 2.58. The zero-order valence-electron chi connectivity index (χ0n) is 16.0. The van der Waals surface area contributed by atoms with Crippen LogP contribution in [0.2, 0.25) is 4.44 Å². The molecule has 1 aliphatic heterocycles. The summed E-state index contributed by atoms with van der Waals surface area (Å²) in [5.74, 6) is -1.05. The van der Waals surface area contributed by atoms with Crippen molar-refractivity contribution in [1.29, 1.82) is 0 Å². The minimum atomic E-state index is -4.05. The van der Waals surface area contributed by atoms with E-state index in [0.29, 0.717) is 17.0 Å². The van der Waals surface area contributed by atoms with Crippen LogP contribution >= 0.6 is 8.95 Å². The molecule has 1 aliphatic rings. The van der Waals surface area contributed by atoms with Crippen LogP contribution in [-0.4, -0.2) is 48.1 Å². The molecule has 0 radical (unpaired) electrons. The summed E-state index contributed by atoms with van der Waals surface area (Å²) >= 11 is -4.05. The molecule has 0 aromatic heterocycles.